The summed E-state index contributed by atoms with van der Waals surface area (Å²) in [7, 11) is 3.72. The third kappa shape index (κ3) is 2.78. The van der Waals surface area contributed by atoms with Gasteiger partial charge in [0.2, 0.25) is 0 Å². The van der Waals surface area contributed by atoms with Crippen molar-refractivity contribution in [2.45, 2.75) is 0 Å². The molecule has 0 unspecified atom stereocenters. The largest absolute Gasteiger partial charge is 0.392 e. The van der Waals surface area contributed by atoms with Gasteiger partial charge in [-0.1, -0.05) is 12.1 Å². The van der Waals surface area contributed by atoms with Crippen molar-refractivity contribution in [3.63, 3.8) is 0 Å². The van der Waals surface area contributed by atoms with Crippen LogP contribution in [0.5, 0.6) is 0 Å². The van der Waals surface area contributed by atoms with E-state index in [1.165, 1.54) is 0 Å². The maximum atomic E-state index is 4.69. The highest BCUT2D eigenvalue weighted by atomic mass is 14.9. The summed E-state index contributed by atoms with van der Waals surface area (Å²) in [5.41, 5.74) is 7.63. The Morgan fingerprint density at radius 2 is 1.76 bits per heavy atom. The minimum atomic E-state index is 0.802. The number of benzene rings is 2. The molecule has 4 aromatic rings. The van der Waals surface area contributed by atoms with E-state index < -0.39 is 0 Å². The predicted molar refractivity (Wildman–Crippen MR) is 101 cm³/mol. The lowest BCUT2D eigenvalue weighted by molar-refractivity contribution is 1.03. The lowest BCUT2D eigenvalue weighted by Gasteiger charge is -2.08. The molecule has 0 aliphatic rings. The first kappa shape index (κ1) is 15.1. The average Bonchev–Trinajstić information content (AvgIpc) is 3.13. The summed E-state index contributed by atoms with van der Waals surface area (Å²) in [4.78, 5) is 16.7. The maximum absolute atomic E-state index is 4.69. The van der Waals surface area contributed by atoms with Gasteiger partial charge in [-0.15, -0.1) is 0 Å². The number of fused-ring (bicyclic) bond motifs is 2. The Morgan fingerprint density at radius 3 is 2.56 bits per heavy atom. The molecule has 0 saturated carbocycles. The summed E-state index contributed by atoms with van der Waals surface area (Å²) in [6.45, 7) is 0. The number of aromatic nitrogens is 4. The van der Waals surface area contributed by atoms with Crippen LogP contribution in [0.25, 0.3) is 38.9 Å². The molecule has 6 heteroatoms. The van der Waals surface area contributed by atoms with Gasteiger partial charge in [-0.3, -0.25) is 4.98 Å². The van der Waals surface area contributed by atoms with Gasteiger partial charge in [0.05, 0.1) is 40.3 Å². The summed E-state index contributed by atoms with van der Waals surface area (Å²) >= 11 is 0. The van der Waals surface area contributed by atoms with Crippen molar-refractivity contribution in [1.82, 2.24) is 30.6 Å². The van der Waals surface area contributed by atoms with Gasteiger partial charge in [-0.05, 0) is 35.4 Å². The van der Waals surface area contributed by atoms with Crippen LogP contribution < -0.4 is 10.6 Å². The van der Waals surface area contributed by atoms with Gasteiger partial charge < -0.3 is 15.6 Å². The molecular weight excluding hydrogens is 312 g/mol. The van der Waals surface area contributed by atoms with E-state index in [0.717, 1.165) is 44.6 Å². The second kappa shape index (κ2) is 6.24. The molecule has 3 N–H and O–H groups in total. The molecule has 0 amide bonds. The fourth-order valence-electron chi connectivity index (χ4n) is 2.85. The Morgan fingerprint density at radius 1 is 0.960 bits per heavy atom. The van der Waals surface area contributed by atoms with Crippen LogP contribution in [0.2, 0.25) is 0 Å². The third-order valence-corrected chi connectivity index (χ3v) is 4.13. The van der Waals surface area contributed by atoms with Crippen molar-refractivity contribution < 1.29 is 0 Å². The van der Waals surface area contributed by atoms with Gasteiger partial charge in [0.25, 0.3) is 0 Å². The molecular formula is C19H18N6. The fourth-order valence-corrected chi connectivity index (χ4v) is 2.85. The molecule has 4 rings (SSSR count). The maximum Gasteiger partial charge on any atom is 0.107 e. The van der Waals surface area contributed by atoms with Crippen LogP contribution in [0.4, 0.5) is 0 Å². The quantitative estimate of drug-likeness (QED) is 0.536. The van der Waals surface area contributed by atoms with Crippen LogP contribution in [0, 0.1) is 0 Å². The molecule has 6 nitrogen and oxygen atoms in total. The minimum Gasteiger partial charge on any atom is -0.392 e. The van der Waals surface area contributed by atoms with Crippen molar-refractivity contribution in [2.24, 2.45) is 0 Å². The van der Waals surface area contributed by atoms with E-state index in [0.29, 0.717) is 0 Å². The highest BCUT2D eigenvalue weighted by molar-refractivity contribution is 5.86. The number of hydrogen-bond acceptors (Lipinski definition) is 5. The number of hydrogen-bond donors (Lipinski definition) is 3. The molecule has 25 heavy (non-hydrogen) atoms. The molecule has 124 valence electrons. The van der Waals surface area contributed by atoms with Gasteiger partial charge in [0, 0.05) is 20.3 Å². The van der Waals surface area contributed by atoms with Crippen LogP contribution in [0.1, 0.15) is 5.69 Å². The van der Waals surface area contributed by atoms with Crippen molar-refractivity contribution in [2.75, 3.05) is 14.1 Å². The Kier molecular flexibility index (Phi) is 3.78. The first-order chi connectivity index (χ1) is 12.3. The van der Waals surface area contributed by atoms with Gasteiger partial charge in [-0.25, -0.2) is 9.97 Å². The zero-order valence-corrected chi connectivity index (χ0v) is 14.0. The van der Waals surface area contributed by atoms with Crippen molar-refractivity contribution in [1.29, 1.82) is 0 Å². The summed E-state index contributed by atoms with van der Waals surface area (Å²) < 4.78 is 0. The average molecular weight is 330 g/mol. The predicted octanol–water partition coefficient (Wildman–Crippen LogP) is 2.91. The van der Waals surface area contributed by atoms with Crippen molar-refractivity contribution in [3.05, 3.63) is 60.8 Å². The Balaban J connectivity index is 1.76. The van der Waals surface area contributed by atoms with Crippen molar-refractivity contribution in [3.8, 4) is 11.1 Å². The standard InChI is InChI=1S/C19H18N6/c1-20-9-18(21-2)19-10-22-17-8-13(4-6-15(17)25-19)12-3-5-14-16(7-12)24-11-23-14/h3-11,20-21H,1-2H3,(H,23,24)/b18-9-. The zero-order valence-electron chi connectivity index (χ0n) is 14.0. The van der Waals surface area contributed by atoms with Gasteiger partial charge >= 0.3 is 0 Å². The van der Waals surface area contributed by atoms with Gasteiger partial charge in [-0.2, -0.15) is 0 Å². The monoisotopic (exact) mass is 330 g/mol. The van der Waals surface area contributed by atoms with Crippen LogP contribution in [0.15, 0.2) is 55.1 Å². The van der Waals surface area contributed by atoms with E-state index in [2.05, 4.69) is 49.9 Å². The van der Waals surface area contributed by atoms with E-state index in [9.17, 15) is 0 Å². The Hall–Kier alpha value is -3.41. The van der Waals surface area contributed by atoms with Crippen LogP contribution >= 0.6 is 0 Å². The van der Waals surface area contributed by atoms with Crippen molar-refractivity contribution >= 4 is 27.8 Å². The summed E-state index contributed by atoms with van der Waals surface area (Å²) in [6, 6.07) is 12.3. The van der Waals surface area contributed by atoms with E-state index in [1.54, 1.807) is 12.5 Å². The highest BCUT2D eigenvalue weighted by Crippen LogP contribution is 2.25. The van der Waals surface area contributed by atoms with Crippen LogP contribution in [-0.2, 0) is 0 Å². The molecule has 0 bridgehead atoms. The summed E-state index contributed by atoms with van der Waals surface area (Å²) in [6.07, 6.45) is 5.35. The number of nitrogens with one attached hydrogen (secondary N) is 3. The number of aromatic amines is 1. The SMILES string of the molecule is CN/C=C(\NC)c1cnc2cc(-c3ccc4nc[nH]c4c3)ccc2n1. The molecule has 2 aromatic carbocycles. The number of rotatable bonds is 4. The van der Waals surface area contributed by atoms with Crippen LogP contribution in [0.3, 0.4) is 0 Å². The first-order valence-electron chi connectivity index (χ1n) is 8.04. The molecule has 0 atom stereocenters. The normalized spacial score (nSPS) is 11.8. The van der Waals surface area contributed by atoms with Gasteiger partial charge in [0.1, 0.15) is 5.69 Å². The molecule has 2 aromatic heterocycles. The van der Waals surface area contributed by atoms with E-state index in [1.807, 2.05) is 32.4 Å². The number of imidazole rings is 1. The second-order valence-corrected chi connectivity index (χ2v) is 5.69. The molecule has 0 saturated heterocycles. The summed E-state index contributed by atoms with van der Waals surface area (Å²) in [5.74, 6) is 0. The lowest BCUT2D eigenvalue weighted by atomic mass is 10.0. The molecule has 0 aliphatic heterocycles. The summed E-state index contributed by atoms with van der Waals surface area (Å²) in [5, 5.41) is 6.13. The first-order valence-corrected chi connectivity index (χ1v) is 8.04. The molecule has 0 aliphatic carbocycles. The minimum absolute atomic E-state index is 0.802. The third-order valence-electron chi connectivity index (χ3n) is 4.13. The molecule has 0 fully saturated rings. The Labute approximate surface area is 145 Å². The number of nitrogens with zero attached hydrogens (tertiary/aromatic N) is 3. The second-order valence-electron chi connectivity index (χ2n) is 5.69. The topological polar surface area (TPSA) is 78.5 Å². The number of H-pyrrole nitrogens is 1. The van der Waals surface area contributed by atoms with E-state index >= 15 is 0 Å². The molecule has 2 heterocycles. The van der Waals surface area contributed by atoms with Gasteiger partial charge in [0.15, 0.2) is 0 Å². The zero-order chi connectivity index (χ0) is 17.2. The molecule has 0 spiro atoms. The van der Waals surface area contributed by atoms with Crippen LogP contribution in [-0.4, -0.2) is 34.0 Å². The Bertz CT molecular complexity index is 1080. The molecule has 0 radical (unpaired) electrons. The van der Waals surface area contributed by atoms with E-state index in [-0.39, 0.29) is 0 Å². The highest BCUT2D eigenvalue weighted by Gasteiger charge is 2.07. The smallest absolute Gasteiger partial charge is 0.107 e. The van der Waals surface area contributed by atoms with E-state index in [4.69, 9.17) is 4.98 Å². The lowest BCUT2D eigenvalue weighted by Crippen LogP contribution is -2.10. The fraction of sp³-hybridized carbons (Fsp3) is 0.105.